The molecule has 0 atom stereocenters. The summed E-state index contributed by atoms with van der Waals surface area (Å²) in [7, 11) is 0. The molecule has 134 valence electrons. The summed E-state index contributed by atoms with van der Waals surface area (Å²) in [6, 6.07) is 15.8. The van der Waals surface area contributed by atoms with Crippen LogP contribution in [0.2, 0.25) is 0 Å². The fourth-order valence-corrected chi connectivity index (χ4v) is 3.18. The van der Waals surface area contributed by atoms with Gasteiger partial charge in [0.15, 0.2) is 5.78 Å². The SMILES string of the molecule is CC(C)(C)C(=O)C1=Cc2ccc(C(=O)NCCc3ccccc3)cc2C1. The Bertz CT molecular complexity index is 858. The molecule has 0 aliphatic heterocycles. The van der Waals surface area contributed by atoms with Crippen LogP contribution in [-0.4, -0.2) is 18.2 Å². The maximum absolute atomic E-state index is 12.5. The zero-order valence-corrected chi connectivity index (χ0v) is 15.6. The van der Waals surface area contributed by atoms with Crippen molar-refractivity contribution in [2.75, 3.05) is 6.54 Å². The maximum atomic E-state index is 12.5. The Kier molecular flexibility index (Phi) is 5.08. The Morgan fingerprint density at radius 2 is 1.77 bits per heavy atom. The van der Waals surface area contributed by atoms with E-state index < -0.39 is 0 Å². The lowest BCUT2D eigenvalue weighted by atomic mass is 9.85. The summed E-state index contributed by atoms with van der Waals surface area (Å²) in [4.78, 5) is 24.9. The molecule has 1 aliphatic rings. The van der Waals surface area contributed by atoms with E-state index in [4.69, 9.17) is 0 Å². The van der Waals surface area contributed by atoms with E-state index in [1.165, 1.54) is 5.56 Å². The van der Waals surface area contributed by atoms with Gasteiger partial charge in [-0.3, -0.25) is 9.59 Å². The lowest BCUT2D eigenvalue weighted by Crippen LogP contribution is -2.25. The van der Waals surface area contributed by atoms with E-state index in [1.54, 1.807) is 0 Å². The number of rotatable bonds is 5. The zero-order valence-electron chi connectivity index (χ0n) is 15.6. The van der Waals surface area contributed by atoms with Crippen LogP contribution in [0.15, 0.2) is 54.1 Å². The molecule has 0 saturated heterocycles. The summed E-state index contributed by atoms with van der Waals surface area (Å²) in [6.45, 7) is 6.41. The highest BCUT2D eigenvalue weighted by atomic mass is 16.1. The smallest absolute Gasteiger partial charge is 0.251 e. The second-order valence-corrected chi connectivity index (χ2v) is 7.83. The number of hydrogen-bond acceptors (Lipinski definition) is 2. The number of fused-ring (bicyclic) bond motifs is 1. The molecular formula is C23H25NO2. The molecule has 1 amide bonds. The molecule has 2 aromatic rings. The average Bonchev–Trinajstić information content (AvgIpc) is 3.04. The molecule has 1 aliphatic carbocycles. The highest BCUT2D eigenvalue weighted by Crippen LogP contribution is 2.31. The zero-order chi connectivity index (χ0) is 18.7. The Hall–Kier alpha value is -2.68. The fourth-order valence-electron chi connectivity index (χ4n) is 3.18. The topological polar surface area (TPSA) is 46.2 Å². The van der Waals surface area contributed by atoms with E-state index in [0.29, 0.717) is 18.5 Å². The number of ketones is 1. The number of nitrogens with one attached hydrogen (secondary N) is 1. The van der Waals surface area contributed by atoms with Crippen molar-refractivity contribution in [1.82, 2.24) is 5.32 Å². The Morgan fingerprint density at radius 3 is 2.46 bits per heavy atom. The van der Waals surface area contributed by atoms with Gasteiger partial charge in [0.2, 0.25) is 0 Å². The van der Waals surface area contributed by atoms with Gasteiger partial charge < -0.3 is 5.32 Å². The largest absolute Gasteiger partial charge is 0.352 e. The third kappa shape index (κ3) is 4.10. The second-order valence-electron chi connectivity index (χ2n) is 7.83. The standard InChI is InChI=1S/C23H25NO2/c1-23(2,3)21(25)20-13-17-9-10-18(14-19(17)15-20)22(26)24-12-11-16-7-5-4-6-8-16/h4-10,13-14H,11-12,15H2,1-3H3,(H,24,26). The van der Waals surface area contributed by atoms with E-state index in [-0.39, 0.29) is 17.1 Å². The minimum Gasteiger partial charge on any atom is -0.352 e. The van der Waals surface area contributed by atoms with Gasteiger partial charge >= 0.3 is 0 Å². The van der Waals surface area contributed by atoms with Crippen LogP contribution in [0.3, 0.4) is 0 Å². The molecular weight excluding hydrogens is 322 g/mol. The number of amides is 1. The van der Waals surface area contributed by atoms with Crippen molar-refractivity contribution < 1.29 is 9.59 Å². The van der Waals surface area contributed by atoms with Gasteiger partial charge in [0.05, 0.1) is 0 Å². The van der Waals surface area contributed by atoms with Crippen LogP contribution in [0.25, 0.3) is 6.08 Å². The summed E-state index contributed by atoms with van der Waals surface area (Å²) in [5, 5.41) is 2.97. The summed E-state index contributed by atoms with van der Waals surface area (Å²) in [6.07, 6.45) is 3.37. The predicted molar refractivity (Wildman–Crippen MR) is 105 cm³/mol. The third-order valence-corrected chi connectivity index (χ3v) is 4.63. The Morgan fingerprint density at radius 1 is 1.04 bits per heavy atom. The maximum Gasteiger partial charge on any atom is 0.251 e. The molecule has 26 heavy (non-hydrogen) atoms. The fraction of sp³-hybridized carbons (Fsp3) is 0.304. The van der Waals surface area contributed by atoms with Gasteiger partial charge in [-0.05, 0) is 41.3 Å². The molecule has 2 aromatic carbocycles. The van der Waals surface area contributed by atoms with Gasteiger partial charge in [0.25, 0.3) is 5.91 Å². The number of carbonyl (C=O) groups excluding carboxylic acids is 2. The van der Waals surface area contributed by atoms with Crippen molar-refractivity contribution in [2.24, 2.45) is 5.41 Å². The van der Waals surface area contributed by atoms with Gasteiger partial charge in [-0.1, -0.05) is 57.2 Å². The lowest BCUT2D eigenvalue weighted by Gasteiger charge is -2.17. The van der Waals surface area contributed by atoms with Crippen molar-refractivity contribution >= 4 is 17.8 Å². The number of carbonyl (C=O) groups is 2. The molecule has 1 N–H and O–H groups in total. The molecule has 0 fully saturated rings. The van der Waals surface area contributed by atoms with E-state index >= 15 is 0 Å². The molecule has 0 spiro atoms. The highest BCUT2D eigenvalue weighted by molar-refractivity contribution is 6.05. The van der Waals surface area contributed by atoms with E-state index in [0.717, 1.165) is 23.1 Å². The Labute approximate surface area is 155 Å². The van der Waals surface area contributed by atoms with Crippen LogP contribution < -0.4 is 5.32 Å². The van der Waals surface area contributed by atoms with E-state index in [2.05, 4.69) is 17.4 Å². The van der Waals surface area contributed by atoms with Gasteiger partial charge in [-0.25, -0.2) is 0 Å². The number of Topliss-reactive ketones (excluding diaryl/α,β-unsaturated/α-hetero) is 1. The number of hydrogen-bond donors (Lipinski definition) is 1. The number of allylic oxidation sites excluding steroid dienone is 1. The van der Waals surface area contributed by atoms with E-state index in [1.807, 2.05) is 63.2 Å². The van der Waals surface area contributed by atoms with Crippen LogP contribution in [0.1, 0.15) is 47.8 Å². The van der Waals surface area contributed by atoms with Crippen molar-refractivity contribution in [3.63, 3.8) is 0 Å². The van der Waals surface area contributed by atoms with Crippen LogP contribution in [0.4, 0.5) is 0 Å². The van der Waals surface area contributed by atoms with Gasteiger partial charge in [-0.15, -0.1) is 0 Å². The summed E-state index contributed by atoms with van der Waals surface area (Å²) in [5.74, 6) is 0.0990. The minimum atomic E-state index is -0.383. The molecule has 0 saturated carbocycles. The van der Waals surface area contributed by atoms with Gasteiger partial charge in [0.1, 0.15) is 0 Å². The van der Waals surface area contributed by atoms with Gasteiger partial charge in [-0.2, -0.15) is 0 Å². The molecule has 0 unspecified atom stereocenters. The molecule has 0 heterocycles. The monoisotopic (exact) mass is 347 g/mol. The van der Waals surface area contributed by atoms with Crippen LogP contribution in [0, 0.1) is 5.41 Å². The first-order valence-corrected chi connectivity index (χ1v) is 9.05. The molecule has 3 heteroatoms. The predicted octanol–water partition coefficient (Wildman–Crippen LogP) is 4.21. The first kappa shape index (κ1) is 18.1. The highest BCUT2D eigenvalue weighted by Gasteiger charge is 2.28. The van der Waals surface area contributed by atoms with E-state index in [9.17, 15) is 9.59 Å². The first-order valence-electron chi connectivity index (χ1n) is 9.05. The van der Waals surface area contributed by atoms with Gasteiger partial charge in [0, 0.05) is 29.5 Å². The number of benzene rings is 2. The second kappa shape index (κ2) is 7.28. The third-order valence-electron chi connectivity index (χ3n) is 4.63. The first-order chi connectivity index (χ1) is 12.3. The summed E-state index contributed by atoms with van der Waals surface area (Å²) in [5.41, 5.74) is 4.39. The van der Waals surface area contributed by atoms with Crippen molar-refractivity contribution in [2.45, 2.75) is 33.6 Å². The minimum absolute atomic E-state index is 0.0701. The summed E-state index contributed by atoms with van der Waals surface area (Å²) >= 11 is 0. The normalized spacial score (nSPS) is 13.1. The van der Waals surface area contributed by atoms with Crippen LogP contribution in [0.5, 0.6) is 0 Å². The molecule has 0 aromatic heterocycles. The van der Waals surface area contributed by atoms with Crippen molar-refractivity contribution in [1.29, 1.82) is 0 Å². The van der Waals surface area contributed by atoms with Crippen LogP contribution >= 0.6 is 0 Å². The quantitative estimate of drug-likeness (QED) is 0.880. The Balaban J connectivity index is 1.61. The van der Waals surface area contributed by atoms with Crippen molar-refractivity contribution in [3.8, 4) is 0 Å². The molecule has 0 radical (unpaired) electrons. The lowest BCUT2D eigenvalue weighted by molar-refractivity contribution is -0.122. The molecule has 0 bridgehead atoms. The molecule has 3 nitrogen and oxygen atoms in total. The summed E-state index contributed by atoms with van der Waals surface area (Å²) < 4.78 is 0. The van der Waals surface area contributed by atoms with Crippen molar-refractivity contribution in [3.05, 3.63) is 76.4 Å². The molecule has 3 rings (SSSR count). The average molecular weight is 347 g/mol. The van der Waals surface area contributed by atoms with Crippen LogP contribution in [-0.2, 0) is 17.6 Å².